The number of hydrogen-bond donors (Lipinski definition) is 1. The normalized spacial score (nSPS) is 21.0. The molecule has 2 atom stereocenters. The number of nitrogens with one attached hydrogen (secondary N) is 1. The van der Waals surface area contributed by atoms with Gasteiger partial charge in [-0.05, 0) is 32.3 Å². The average Bonchev–Trinajstić information content (AvgIpc) is 2.52. The maximum atomic E-state index is 12.4. The van der Waals surface area contributed by atoms with Gasteiger partial charge in [0.25, 0.3) is 0 Å². The van der Waals surface area contributed by atoms with E-state index in [-0.39, 0.29) is 30.5 Å². The van der Waals surface area contributed by atoms with Gasteiger partial charge in [-0.25, -0.2) is 0 Å². The number of carboxylic acid groups (broad SMARTS) is 1. The van der Waals surface area contributed by atoms with E-state index in [4.69, 9.17) is 0 Å². The predicted octanol–water partition coefficient (Wildman–Crippen LogP) is 1.92. The molecule has 2 rings (SSSR count). The highest BCUT2D eigenvalue weighted by molar-refractivity contribution is 5.80. The SMILES string of the molecule is CC(C)NC(=O)[C@@H]1CCCC[C@@H]1N(Cc1ccccc1)C(=O)[O-]. The second-order valence-electron chi connectivity index (χ2n) is 6.50. The molecule has 0 saturated heterocycles. The van der Waals surface area contributed by atoms with Crippen LogP contribution in [0.15, 0.2) is 30.3 Å². The molecular weight excluding hydrogens is 292 g/mol. The molecule has 0 aliphatic heterocycles. The summed E-state index contributed by atoms with van der Waals surface area (Å²) in [5.74, 6) is -0.350. The largest absolute Gasteiger partial charge is 0.530 e. The van der Waals surface area contributed by atoms with Crippen molar-refractivity contribution in [2.45, 2.75) is 58.2 Å². The van der Waals surface area contributed by atoms with E-state index in [9.17, 15) is 14.7 Å². The van der Waals surface area contributed by atoms with E-state index in [0.29, 0.717) is 6.42 Å². The van der Waals surface area contributed by atoms with E-state index >= 15 is 0 Å². The Kier molecular flexibility index (Phi) is 6.02. The quantitative estimate of drug-likeness (QED) is 0.901. The van der Waals surface area contributed by atoms with Crippen LogP contribution in [-0.2, 0) is 11.3 Å². The van der Waals surface area contributed by atoms with Crippen LogP contribution in [0.3, 0.4) is 0 Å². The molecule has 1 aromatic carbocycles. The van der Waals surface area contributed by atoms with Gasteiger partial charge in [0.1, 0.15) is 6.09 Å². The van der Waals surface area contributed by atoms with Gasteiger partial charge in [0.15, 0.2) is 0 Å². The summed E-state index contributed by atoms with van der Waals surface area (Å²) in [5, 5.41) is 14.6. The van der Waals surface area contributed by atoms with Gasteiger partial charge in [0.05, 0.1) is 5.92 Å². The maximum Gasteiger partial charge on any atom is 0.225 e. The van der Waals surface area contributed by atoms with Crippen molar-refractivity contribution in [3.05, 3.63) is 35.9 Å². The molecule has 0 radical (unpaired) electrons. The van der Waals surface area contributed by atoms with Crippen LogP contribution in [0.25, 0.3) is 0 Å². The first-order valence-electron chi connectivity index (χ1n) is 8.31. The molecule has 1 aliphatic carbocycles. The summed E-state index contributed by atoms with van der Waals surface area (Å²) < 4.78 is 0. The molecule has 5 nitrogen and oxygen atoms in total. The summed E-state index contributed by atoms with van der Waals surface area (Å²) in [4.78, 5) is 25.5. The lowest BCUT2D eigenvalue weighted by molar-refractivity contribution is -0.270. The zero-order valence-electron chi connectivity index (χ0n) is 13.8. The topological polar surface area (TPSA) is 72.5 Å². The van der Waals surface area contributed by atoms with E-state index in [1.165, 1.54) is 4.90 Å². The molecule has 1 saturated carbocycles. The van der Waals surface area contributed by atoms with Crippen molar-refractivity contribution in [3.8, 4) is 0 Å². The maximum absolute atomic E-state index is 12.4. The molecule has 23 heavy (non-hydrogen) atoms. The van der Waals surface area contributed by atoms with E-state index < -0.39 is 6.09 Å². The third-order valence-electron chi connectivity index (χ3n) is 4.33. The molecule has 5 heteroatoms. The van der Waals surface area contributed by atoms with Gasteiger partial charge >= 0.3 is 0 Å². The molecule has 0 heterocycles. The van der Waals surface area contributed by atoms with Gasteiger partial charge in [0, 0.05) is 18.6 Å². The fourth-order valence-electron chi connectivity index (χ4n) is 3.28. The number of rotatable bonds is 5. The Hall–Kier alpha value is -2.04. The molecule has 1 aromatic rings. The molecule has 0 spiro atoms. The van der Waals surface area contributed by atoms with Gasteiger partial charge < -0.3 is 20.1 Å². The smallest absolute Gasteiger partial charge is 0.225 e. The lowest BCUT2D eigenvalue weighted by Gasteiger charge is -2.41. The summed E-state index contributed by atoms with van der Waals surface area (Å²) in [5.41, 5.74) is 0.908. The van der Waals surface area contributed by atoms with Crippen LogP contribution in [0.5, 0.6) is 0 Å². The fourth-order valence-corrected chi connectivity index (χ4v) is 3.28. The number of carbonyl (C=O) groups is 2. The first-order chi connectivity index (χ1) is 11.0. The van der Waals surface area contributed by atoms with Crippen molar-refractivity contribution in [1.29, 1.82) is 0 Å². The fraction of sp³-hybridized carbons (Fsp3) is 0.556. The third-order valence-corrected chi connectivity index (χ3v) is 4.33. The summed E-state index contributed by atoms with van der Waals surface area (Å²) >= 11 is 0. The minimum atomic E-state index is -1.21. The highest BCUT2D eigenvalue weighted by atomic mass is 16.4. The van der Waals surface area contributed by atoms with Crippen LogP contribution in [0.4, 0.5) is 4.79 Å². The minimum absolute atomic E-state index is 0.0515. The first kappa shape index (κ1) is 17.3. The lowest BCUT2D eigenvalue weighted by Crippen LogP contribution is -2.54. The Balaban J connectivity index is 2.17. The Bertz CT molecular complexity index is 530. The number of hydrogen-bond acceptors (Lipinski definition) is 3. The molecule has 0 aromatic heterocycles. The highest BCUT2D eigenvalue weighted by Gasteiger charge is 2.35. The number of carbonyl (C=O) groups excluding carboxylic acids is 2. The number of amides is 2. The average molecular weight is 317 g/mol. The molecule has 126 valence electrons. The van der Waals surface area contributed by atoms with E-state index in [1.807, 2.05) is 44.2 Å². The number of nitrogens with zero attached hydrogens (tertiary/aromatic N) is 1. The van der Waals surface area contributed by atoms with Crippen LogP contribution in [0.1, 0.15) is 45.1 Å². The van der Waals surface area contributed by atoms with Crippen LogP contribution in [0.2, 0.25) is 0 Å². The van der Waals surface area contributed by atoms with E-state index in [1.54, 1.807) is 0 Å². The van der Waals surface area contributed by atoms with Crippen LogP contribution < -0.4 is 10.4 Å². The summed E-state index contributed by atoms with van der Waals surface area (Å²) in [7, 11) is 0. The first-order valence-corrected chi connectivity index (χ1v) is 8.31. The summed E-state index contributed by atoms with van der Waals surface area (Å²) in [6.07, 6.45) is 2.12. The van der Waals surface area contributed by atoms with Gasteiger partial charge in [0.2, 0.25) is 5.91 Å². The van der Waals surface area contributed by atoms with E-state index in [2.05, 4.69) is 5.32 Å². The van der Waals surface area contributed by atoms with Crippen molar-refractivity contribution in [3.63, 3.8) is 0 Å². The molecule has 1 N–H and O–H groups in total. The van der Waals surface area contributed by atoms with Crippen molar-refractivity contribution in [1.82, 2.24) is 10.2 Å². The van der Waals surface area contributed by atoms with Crippen LogP contribution in [-0.4, -0.2) is 29.0 Å². The minimum Gasteiger partial charge on any atom is -0.530 e. The van der Waals surface area contributed by atoms with Crippen molar-refractivity contribution in [2.75, 3.05) is 0 Å². The Morgan fingerprint density at radius 3 is 2.48 bits per heavy atom. The van der Waals surface area contributed by atoms with Gasteiger partial charge in [-0.2, -0.15) is 0 Å². The molecule has 0 bridgehead atoms. The molecule has 0 unspecified atom stereocenters. The van der Waals surface area contributed by atoms with Crippen LogP contribution >= 0.6 is 0 Å². The Morgan fingerprint density at radius 2 is 1.87 bits per heavy atom. The lowest BCUT2D eigenvalue weighted by atomic mass is 9.82. The van der Waals surface area contributed by atoms with Gasteiger partial charge in [-0.3, -0.25) is 4.79 Å². The second kappa shape index (κ2) is 7.99. The molecule has 1 aliphatic rings. The third kappa shape index (κ3) is 4.71. The molecule has 2 amide bonds. The van der Waals surface area contributed by atoms with Gasteiger partial charge in [-0.1, -0.05) is 43.2 Å². The standard InChI is InChI=1S/C18H26N2O3/c1-13(2)19-17(21)15-10-6-7-11-16(15)20(18(22)23)12-14-8-4-3-5-9-14/h3-5,8-9,13,15-16H,6-7,10-12H2,1-2H3,(H,19,21)(H,22,23)/p-1/t15-,16+/m1/s1. The van der Waals surface area contributed by atoms with Crippen molar-refractivity contribution in [2.24, 2.45) is 5.92 Å². The summed E-state index contributed by atoms with van der Waals surface area (Å²) in [6.45, 7) is 4.09. The molecular formula is C18H25N2O3-. The van der Waals surface area contributed by atoms with Crippen molar-refractivity contribution < 1.29 is 14.7 Å². The van der Waals surface area contributed by atoms with Crippen molar-refractivity contribution >= 4 is 12.0 Å². The zero-order chi connectivity index (χ0) is 16.8. The zero-order valence-corrected chi connectivity index (χ0v) is 13.8. The number of benzene rings is 1. The molecule has 1 fully saturated rings. The summed E-state index contributed by atoms with van der Waals surface area (Å²) in [6, 6.07) is 9.18. The highest BCUT2D eigenvalue weighted by Crippen LogP contribution is 2.30. The second-order valence-corrected chi connectivity index (χ2v) is 6.50. The van der Waals surface area contributed by atoms with Crippen LogP contribution in [0, 0.1) is 5.92 Å². The Labute approximate surface area is 137 Å². The van der Waals surface area contributed by atoms with E-state index in [0.717, 1.165) is 24.8 Å². The predicted molar refractivity (Wildman–Crippen MR) is 86.4 cm³/mol. The Morgan fingerprint density at radius 1 is 1.22 bits per heavy atom. The monoisotopic (exact) mass is 317 g/mol. The van der Waals surface area contributed by atoms with Gasteiger partial charge in [-0.15, -0.1) is 0 Å².